The first-order chi connectivity index (χ1) is 7.53. The van der Waals surface area contributed by atoms with Crippen molar-refractivity contribution in [3.8, 4) is 11.5 Å². The topological polar surface area (TPSA) is 38.7 Å². The van der Waals surface area contributed by atoms with Crippen LogP contribution in [0, 0.1) is 12.7 Å². The number of halogens is 1. The van der Waals surface area contributed by atoms with Crippen LogP contribution in [0.15, 0.2) is 6.07 Å². The molecule has 0 aliphatic heterocycles. The molecule has 88 valence electrons. The lowest BCUT2D eigenvalue weighted by Gasteiger charge is -2.17. The van der Waals surface area contributed by atoms with E-state index in [9.17, 15) is 9.50 Å². The van der Waals surface area contributed by atoms with E-state index in [1.54, 1.807) is 13.0 Å². The predicted octanol–water partition coefficient (Wildman–Crippen LogP) is 2.13. The van der Waals surface area contributed by atoms with E-state index in [2.05, 4.69) is 0 Å². The molecule has 4 heteroatoms. The molecule has 16 heavy (non-hydrogen) atoms. The van der Waals surface area contributed by atoms with E-state index in [0.29, 0.717) is 24.2 Å². The molecule has 1 N–H and O–H groups in total. The van der Waals surface area contributed by atoms with Crippen molar-refractivity contribution in [3.05, 3.63) is 23.0 Å². The van der Waals surface area contributed by atoms with Crippen LogP contribution in [0.1, 0.15) is 24.0 Å². The minimum atomic E-state index is -1.01. The van der Waals surface area contributed by atoms with Crippen molar-refractivity contribution in [3.63, 3.8) is 0 Å². The summed E-state index contributed by atoms with van der Waals surface area (Å²) in [4.78, 5) is 0. The predicted molar refractivity (Wildman–Crippen MR) is 57.4 cm³/mol. The highest BCUT2D eigenvalue weighted by Crippen LogP contribution is 2.49. The molecule has 0 saturated heterocycles. The van der Waals surface area contributed by atoms with E-state index in [0.717, 1.165) is 5.56 Å². The van der Waals surface area contributed by atoms with Crippen LogP contribution in [0.3, 0.4) is 0 Å². The highest BCUT2D eigenvalue weighted by Gasteiger charge is 2.45. The maximum atomic E-state index is 14.1. The third-order valence-electron chi connectivity index (χ3n) is 2.99. The minimum Gasteiger partial charge on any atom is -0.492 e. The summed E-state index contributed by atoms with van der Waals surface area (Å²) in [7, 11) is 2.86. The first-order valence-electron chi connectivity index (χ1n) is 5.17. The van der Waals surface area contributed by atoms with E-state index in [-0.39, 0.29) is 5.75 Å². The molecular weight excluding hydrogens is 211 g/mol. The summed E-state index contributed by atoms with van der Waals surface area (Å²) in [5.41, 5.74) is 0.0627. The largest absolute Gasteiger partial charge is 0.492 e. The van der Waals surface area contributed by atoms with Gasteiger partial charge >= 0.3 is 0 Å². The van der Waals surface area contributed by atoms with Gasteiger partial charge in [0.05, 0.1) is 19.8 Å². The maximum absolute atomic E-state index is 14.1. The molecule has 0 amide bonds. The third-order valence-corrected chi connectivity index (χ3v) is 2.99. The van der Waals surface area contributed by atoms with Crippen LogP contribution >= 0.6 is 0 Å². The highest BCUT2D eigenvalue weighted by atomic mass is 19.1. The molecule has 0 radical (unpaired) electrons. The maximum Gasteiger partial charge on any atom is 0.197 e. The zero-order valence-corrected chi connectivity index (χ0v) is 9.63. The minimum absolute atomic E-state index is 0.0674. The molecule has 1 aliphatic rings. The summed E-state index contributed by atoms with van der Waals surface area (Å²) in [6.07, 6.45) is 1.19. The molecule has 3 nitrogen and oxygen atoms in total. The van der Waals surface area contributed by atoms with Crippen molar-refractivity contribution in [1.29, 1.82) is 0 Å². The molecule has 2 rings (SSSR count). The van der Waals surface area contributed by atoms with Crippen molar-refractivity contribution in [1.82, 2.24) is 0 Å². The van der Waals surface area contributed by atoms with Crippen molar-refractivity contribution >= 4 is 0 Å². The number of hydrogen-bond acceptors (Lipinski definition) is 3. The van der Waals surface area contributed by atoms with Crippen LogP contribution < -0.4 is 9.47 Å². The van der Waals surface area contributed by atoms with Gasteiger partial charge in [-0.3, -0.25) is 0 Å². The average molecular weight is 226 g/mol. The first kappa shape index (κ1) is 11.2. The van der Waals surface area contributed by atoms with Crippen LogP contribution in [0.4, 0.5) is 4.39 Å². The molecule has 1 saturated carbocycles. The molecule has 0 heterocycles. The summed E-state index contributed by atoms with van der Waals surface area (Å²) >= 11 is 0. The van der Waals surface area contributed by atoms with E-state index in [1.165, 1.54) is 14.2 Å². The van der Waals surface area contributed by atoms with Crippen molar-refractivity contribution in [2.75, 3.05) is 14.2 Å². The number of aliphatic hydroxyl groups is 1. The fraction of sp³-hybridized carbons (Fsp3) is 0.500. The Morgan fingerprint density at radius 1 is 1.25 bits per heavy atom. The third kappa shape index (κ3) is 1.53. The lowest BCUT2D eigenvalue weighted by atomic mass is 10.0. The van der Waals surface area contributed by atoms with Gasteiger partial charge < -0.3 is 14.6 Å². The Kier molecular flexibility index (Phi) is 2.54. The number of benzene rings is 1. The Labute approximate surface area is 93.8 Å². The lowest BCUT2D eigenvalue weighted by molar-refractivity contribution is 0.145. The summed E-state index contributed by atoms with van der Waals surface area (Å²) in [5, 5.41) is 9.95. The number of aryl methyl sites for hydroxylation is 1. The Hall–Kier alpha value is -1.29. The normalized spacial score (nSPS) is 17.1. The van der Waals surface area contributed by atoms with E-state index < -0.39 is 11.4 Å². The molecule has 1 aliphatic carbocycles. The molecule has 1 aromatic carbocycles. The van der Waals surface area contributed by atoms with Gasteiger partial charge in [-0.25, -0.2) is 4.39 Å². The van der Waals surface area contributed by atoms with Gasteiger partial charge in [0.2, 0.25) is 0 Å². The van der Waals surface area contributed by atoms with Crippen molar-refractivity contribution < 1.29 is 19.0 Å². The molecule has 0 unspecified atom stereocenters. The Morgan fingerprint density at radius 2 is 1.81 bits per heavy atom. The second-order valence-electron chi connectivity index (χ2n) is 4.15. The van der Waals surface area contributed by atoms with Gasteiger partial charge in [0, 0.05) is 5.56 Å². The van der Waals surface area contributed by atoms with E-state index >= 15 is 0 Å². The van der Waals surface area contributed by atoms with Crippen LogP contribution in [-0.2, 0) is 5.60 Å². The van der Waals surface area contributed by atoms with E-state index in [4.69, 9.17) is 9.47 Å². The summed E-state index contributed by atoms with van der Waals surface area (Å²) in [5.74, 6) is -0.0734. The Bertz CT molecular complexity index is 425. The zero-order chi connectivity index (χ0) is 11.9. The standard InChI is InChI=1S/C12H15FO3/c1-7-6-8(12(14)4-5-12)9(13)11(16-3)10(7)15-2/h6,14H,4-5H2,1-3H3. The lowest BCUT2D eigenvalue weighted by Crippen LogP contribution is -2.10. The first-order valence-corrected chi connectivity index (χ1v) is 5.17. The van der Waals surface area contributed by atoms with Gasteiger partial charge in [-0.2, -0.15) is 0 Å². The SMILES string of the molecule is COc1c(C)cc(C2(O)CC2)c(F)c1OC. The van der Waals surface area contributed by atoms with Crippen LogP contribution in [-0.4, -0.2) is 19.3 Å². The van der Waals surface area contributed by atoms with Crippen LogP contribution in [0.2, 0.25) is 0 Å². The second kappa shape index (κ2) is 3.63. The van der Waals surface area contributed by atoms with Gasteiger partial charge in [-0.05, 0) is 31.4 Å². The van der Waals surface area contributed by atoms with Gasteiger partial charge in [0.25, 0.3) is 0 Å². The zero-order valence-electron chi connectivity index (χ0n) is 9.63. The summed E-state index contributed by atoms with van der Waals surface area (Å²) in [6, 6.07) is 1.63. The van der Waals surface area contributed by atoms with Crippen LogP contribution in [0.5, 0.6) is 11.5 Å². The summed E-state index contributed by atoms with van der Waals surface area (Å²) < 4.78 is 24.2. The number of methoxy groups -OCH3 is 2. The number of ether oxygens (including phenoxy) is 2. The molecule has 1 fully saturated rings. The monoisotopic (exact) mass is 226 g/mol. The summed E-state index contributed by atoms with van der Waals surface area (Å²) in [6.45, 7) is 1.80. The molecule has 0 spiro atoms. The highest BCUT2D eigenvalue weighted by molar-refractivity contribution is 5.52. The smallest absolute Gasteiger partial charge is 0.197 e. The second-order valence-corrected chi connectivity index (χ2v) is 4.15. The van der Waals surface area contributed by atoms with Crippen LogP contribution in [0.25, 0.3) is 0 Å². The molecule has 0 bridgehead atoms. The number of rotatable bonds is 3. The van der Waals surface area contributed by atoms with Crippen molar-refractivity contribution in [2.24, 2.45) is 0 Å². The van der Waals surface area contributed by atoms with Gasteiger partial charge in [0.1, 0.15) is 0 Å². The quantitative estimate of drug-likeness (QED) is 0.858. The molecule has 1 aromatic rings. The fourth-order valence-corrected chi connectivity index (χ4v) is 1.91. The van der Waals surface area contributed by atoms with Gasteiger partial charge in [-0.15, -0.1) is 0 Å². The Morgan fingerprint density at radius 3 is 2.25 bits per heavy atom. The van der Waals surface area contributed by atoms with Gasteiger partial charge in [0.15, 0.2) is 17.3 Å². The van der Waals surface area contributed by atoms with Crippen molar-refractivity contribution in [2.45, 2.75) is 25.4 Å². The number of hydrogen-bond donors (Lipinski definition) is 1. The van der Waals surface area contributed by atoms with E-state index in [1.807, 2.05) is 0 Å². The van der Waals surface area contributed by atoms with Gasteiger partial charge in [-0.1, -0.05) is 0 Å². The average Bonchev–Trinajstić information content (AvgIpc) is 2.99. The molecule has 0 atom stereocenters. The molecular formula is C12H15FO3. The Balaban J connectivity index is 2.61. The molecule has 0 aromatic heterocycles. The fourth-order valence-electron chi connectivity index (χ4n) is 1.91.